The van der Waals surface area contributed by atoms with Crippen molar-refractivity contribution in [2.24, 2.45) is 0 Å². The molecule has 142 valence electrons. The molecule has 4 aromatic rings. The van der Waals surface area contributed by atoms with Crippen LogP contribution in [0.2, 0.25) is 0 Å². The van der Waals surface area contributed by atoms with Crippen molar-refractivity contribution in [3.8, 4) is 33.4 Å². The van der Waals surface area contributed by atoms with E-state index in [4.69, 9.17) is 5.73 Å². The second kappa shape index (κ2) is 8.47. The van der Waals surface area contributed by atoms with E-state index in [0.29, 0.717) is 0 Å². The number of anilines is 1. The summed E-state index contributed by atoms with van der Waals surface area (Å²) >= 11 is 0. The Morgan fingerprint density at radius 3 is 1.93 bits per heavy atom. The monoisotopic (exact) mass is 393 g/mol. The smallest absolute Gasteiger partial charge is 0.0400 e. The van der Waals surface area contributed by atoms with E-state index in [0.717, 1.165) is 33.2 Å². The van der Waals surface area contributed by atoms with Crippen LogP contribution in [0.4, 0.5) is 5.69 Å². The van der Waals surface area contributed by atoms with Crippen molar-refractivity contribution in [3.05, 3.63) is 103 Å². The topological polar surface area (TPSA) is 26.0 Å². The number of nitrogen functional groups attached to an aromatic ring is 1. The predicted molar refractivity (Wildman–Crippen MR) is 131 cm³/mol. The first kappa shape index (κ1) is 19.2. The average Bonchev–Trinajstić information content (AvgIpc) is 2.76. The molecule has 0 aliphatic carbocycles. The minimum absolute atomic E-state index is 0.789. The lowest BCUT2D eigenvalue weighted by Gasteiger charge is -2.14. The molecule has 1 atom stereocenters. The zero-order chi connectivity index (χ0) is 20.2. The fraction of sp³-hybridized carbons (Fsp3) is 0.0370. The minimum atomic E-state index is 0.789. The number of benzene rings is 4. The van der Waals surface area contributed by atoms with Crippen LogP contribution >= 0.6 is 9.24 Å². The van der Waals surface area contributed by atoms with Crippen LogP contribution in [0.25, 0.3) is 39.5 Å². The molecular formula is C27H24NP. The summed E-state index contributed by atoms with van der Waals surface area (Å²) < 4.78 is 0. The standard InChI is InChI=1S/C27H24NP/c1-2-7-25-26(22-10-6-11-24(29)16-22)17-23(18-27(25)28)21-14-12-20(13-15-21)19-8-4-3-5-9-19/h2-18H,28-29H2,1H3/b7-2-. The van der Waals surface area contributed by atoms with Crippen molar-refractivity contribution in [3.63, 3.8) is 0 Å². The number of allylic oxidation sites excluding steroid dienone is 1. The molecule has 2 heteroatoms. The number of hydrogen-bond acceptors (Lipinski definition) is 1. The van der Waals surface area contributed by atoms with Crippen LogP contribution in [-0.4, -0.2) is 0 Å². The molecule has 0 bridgehead atoms. The molecule has 29 heavy (non-hydrogen) atoms. The van der Waals surface area contributed by atoms with E-state index in [1.807, 2.05) is 19.1 Å². The molecule has 0 aliphatic rings. The zero-order valence-corrected chi connectivity index (χ0v) is 17.6. The summed E-state index contributed by atoms with van der Waals surface area (Å²) in [6.07, 6.45) is 4.12. The van der Waals surface area contributed by atoms with Gasteiger partial charge in [-0.2, -0.15) is 0 Å². The van der Waals surface area contributed by atoms with Gasteiger partial charge in [-0.05, 0) is 63.8 Å². The summed E-state index contributed by atoms with van der Waals surface area (Å²) in [5.74, 6) is 0. The number of rotatable bonds is 4. The highest BCUT2D eigenvalue weighted by Gasteiger charge is 2.11. The largest absolute Gasteiger partial charge is 0.398 e. The van der Waals surface area contributed by atoms with E-state index < -0.39 is 0 Å². The highest BCUT2D eigenvalue weighted by molar-refractivity contribution is 7.27. The van der Waals surface area contributed by atoms with Gasteiger partial charge in [0.1, 0.15) is 0 Å². The lowest BCUT2D eigenvalue weighted by atomic mass is 9.92. The highest BCUT2D eigenvalue weighted by Crippen LogP contribution is 2.35. The van der Waals surface area contributed by atoms with Crippen LogP contribution in [0.1, 0.15) is 12.5 Å². The van der Waals surface area contributed by atoms with Crippen molar-refractivity contribution in [2.45, 2.75) is 6.92 Å². The molecule has 0 heterocycles. The Bertz CT molecular complexity index is 1160. The van der Waals surface area contributed by atoms with Crippen molar-refractivity contribution in [1.82, 2.24) is 0 Å². The van der Waals surface area contributed by atoms with E-state index >= 15 is 0 Å². The van der Waals surface area contributed by atoms with E-state index in [-0.39, 0.29) is 0 Å². The van der Waals surface area contributed by atoms with Gasteiger partial charge in [-0.25, -0.2) is 0 Å². The molecule has 1 unspecified atom stereocenters. The molecule has 0 fully saturated rings. The normalized spacial score (nSPS) is 11.1. The van der Waals surface area contributed by atoms with Crippen LogP contribution in [0.5, 0.6) is 0 Å². The Hall–Kier alpha value is -3.15. The summed E-state index contributed by atoms with van der Waals surface area (Å²) in [5, 5.41) is 1.16. The molecule has 0 amide bonds. The van der Waals surface area contributed by atoms with Crippen molar-refractivity contribution < 1.29 is 0 Å². The fourth-order valence-corrected chi connectivity index (χ4v) is 3.92. The second-order valence-corrected chi connectivity index (χ2v) is 7.76. The SMILES string of the molecule is C/C=C\c1c(N)cc(-c2ccc(-c3ccccc3)cc2)cc1-c1cccc(P)c1. The number of hydrogen-bond donors (Lipinski definition) is 1. The number of nitrogens with two attached hydrogens (primary N) is 1. The van der Waals surface area contributed by atoms with Crippen molar-refractivity contribution in [1.29, 1.82) is 0 Å². The van der Waals surface area contributed by atoms with Crippen molar-refractivity contribution in [2.75, 3.05) is 5.73 Å². The van der Waals surface area contributed by atoms with Crippen LogP contribution in [-0.2, 0) is 0 Å². The van der Waals surface area contributed by atoms with Gasteiger partial charge in [0.2, 0.25) is 0 Å². The highest BCUT2D eigenvalue weighted by atomic mass is 31.0. The first-order valence-corrected chi connectivity index (χ1v) is 10.3. The van der Waals surface area contributed by atoms with Gasteiger partial charge in [0.15, 0.2) is 0 Å². The molecule has 2 N–H and O–H groups in total. The van der Waals surface area contributed by atoms with Gasteiger partial charge in [-0.1, -0.05) is 84.9 Å². The molecule has 1 nitrogen and oxygen atoms in total. The Balaban J connectivity index is 1.80. The third-order valence-electron chi connectivity index (χ3n) is 5.07. The summed E-state index contributed by atoms with van der Waals surface area (Å²) in [4.78, 5) is 0. The van der Waals surface area contributed by atoms with Crippen LogP contribution in [0, 0.1) is 0 Å². The quantitative estimate of drug-likeness (QED) is 0.299. The van der Waals surface area contributed by atoms with Gasteiger partial charge in [0.25, 0.3) is 0 Å². The maximum atomic E-state index is 6.49. The summed E-state index contributed by atoms with van der Waals surface area (Å²) in [6.45, 7) is 2.02. The zero-order valence-electron chi connectivity index (χ0n) is 16.5. The van der Waals surface area contributed by atoms with Crippen molar-refractivity contribution >= 4 is 26.3 Å². The molecule has 0 aromatic heterocycles. The third-order valence-corrected chi connectivity index (χ3v) is 5.43. The minimum Gasteiger partial charge on any atom is -0.398 e. The van der Waals surface area contributed by atoms with E-state index in [2.05, 4.69) is 100 Å². The van der Waals surface area contributed by atoms with Gasteiger partial charge in [-0.3, -0.25) is 0 Å². The van der Waals surface area contributed by atoms with E-state index in [9.17, 15) is 0 Å². The van der Waals surface area contributed by atoms with Gasteiger partial charge in [0.05, 0.1) is 0 Å². The first-order valence-electron chi connectivity index (χ1n) is 9.73. The molecule has 4 aromatic carbocycles. The predicted octanol–water partition coefficient (Wildman–Crippen LogP) is 6.80. The van der Waals surface area contributed by atoms with Gasteiger partial charge >= 0.3 is 0 Å². The molecule has 0 spiro atoms. The second-order valence-electron chi connectivity index (χ2n) is 7.10. The molecular weight excluding hydrogens is 369 g/mol. The Morgan fingerprint density at radius 1 is 0.655 bits per heavy atom. The van der Waals surface area contributed by atoms with E-state index in [1.165, 1.54) is 16.7 Å². The lowest BCUT2D eigenvalue weighted by molar-refractivity contribution is 1.55. The molecule has 0 saturated heterocycles. The Morgan fingerprint density at radius 2 is 1.28 bits per heavy atom. The Kier molecular flexibility index (Phi) is 5.60. The van der Waals surface area contributed by atoms with Crippen LogP contribution in [0.15, 0.2) is 97.1 Å². The first-order chi connectivity index (χ1) is 14.2. The summed E-state index contributed by atoms with van der Waals surface area (Å²) in [5.41, 5.74) is 15.4. The molecule has 4 rings (SSSR count). The maximum Gasteiger partial charge on any atom is 0.0400 e. The van der Waals surface area contributed by atoms with Crippen LogP contribution in [0.3, 0.4) is 0 Å². The molecule has 0 radical (unpaired) electrons. The fourth-order valence-electron chi connectivity index (χ4n) is 3.63. The van der Waals surface area contributed by atoms with Gasteiger partial charge in [0, 0.05) is 11.3 Å². The molecule has 0 aliphatic heterocycles. The third kappa shape index (κ3) is 4.16. The van der Waals surface area contributed by atoms with E-state index in [1.54, 1.807) is 0 Å². The summed E-state index contributed by atoms with van der Waals surface area (Å²) in [7, 11) is 2.77. The van der Waals surface area contributed by atoms with Crippen LogP contribution < -0.4 is 11.0 Å². The average molecular weight is 393 g/mol. The van der Waals surface area contributed by atoms with Gasteiger partial charge < -0.3 is 5.73 Å². The Labute approximate surface area is 175 Å². The maximum absolute atomic E-state index is 6.49. The summed E-state index contributed by atoms with van der Waals surface area (Å²) in [6, 6.07) is 31.9. The molecule has 0 saturated carbocycles. The van der Waals surface area contributed by atoms with Gasteiger partial charge in [-0.15, -0.1) is 9.24 Å². The lowest BCUT2D eigenvalue weighted by Crippen LogP contribution is -1.97.